The lowest BCUT2D eigenvalue weighted by molar-refractivity contribution is -0.137. The van der Waals surface area contributed by atoms with E-state index in [-0.39, 0.29) is 24.6 Å². The molecule has 0 aliphatic rings. The van der Waals surface area contributed by atoms with Crippen molar-refractivity contribution in [3.8, 4) is 0 Å². The van der Waals surface area contributed by atoms with Gasteiger partial charge >= 0.3 is 5.97 Å². The first kappa shape index (κ1) is 16.9. The zero-order valence-electron chi connectivity index (χ0n) is 11.4. The molecule has 0 saturated heterocycles. The molecule has 0 aliphatic heterocycles. The average Bonchev–Trinajstić information content (AvgIpc) is 2.37. The van der Waals surface area contributed by atoms with Gasteiger partial charge in [0.1, 0.15) is 0 Å². The molecule has 0 aromatic heterocycles. The Kier molecular flexibility index (Phi) is 5.98. The zero-order valence-corrected chi connectivity index (χ0v) is 13.0. The Balaban J connectivity index is 2.74. The van der Waals surface area contributed by atoms with Gasteiger partial charge in [-0.3, -0.25) is 4.79 Å². The Labute approximate surface area is 124 Å². The van der Waals surface area contributed by atoms with Crippen molar-refractivity contribution in [2.45, 2.75) is 25.8 Å². The highest BCUT2D eigenvalue weighted by molar-refractivity contribution is 7.89. The van der Waals surface area contributed by atoms with E-state index in [9.17, 15) is 13.2 Å². The van der Waals surface area contributed by atoms with Gasteiger partial charge in [-0.1, -0.05) is 23.7 Å². The average molecular weight is 320 g/mol. The largest absolute Gasteiger partial charge is 0.481 e. The molecule has 1 N–H and O–H groups in total. The molecular formula is C13H18ClNO4S. The second-order valence-corrected chi connectivity index (χ2v) is 7.14. The van der Waals surface area contributed by atoms with Crippen LogP contribution in [-0.4, -0.2) is 36.6 Å². The van der Waals surface area contributed by atoms with Crippen LogP contribution in [0.25, 0.3) is 0 Å². The van der Waals surface area contributed by atoms with E-state index in [4.69, 9.17) is 16.7 Å². The first-order chi connectivity index (χ1) is 9.24. The number of carbonyl (C=O) groups is 1. The lowest BCUT2D eigenvalue weighted by atomic mass is 10.1. The molecule has 0 amide bonds. The second kappa shape index (κ2) is 7.06. The summed E-state index contributed by atoms with van der Waals surface area (Å²) in [4.78, 5) is 10.4. The smallest absolute Gasteiger partial charge is 0.303 e. The van der Waals surface area contributed by atoms with Gasteiger partial charge in [0.25, 0.3) is 0 Å². The summed E-state index contributed by atoms with van der Waals surface area (Å²) in [6.45, 7) is 1.78. The van der Waals surface area contributed by atoms with E-state index in [1.165, 1.54) is 11.4 Å². The Bertz CT molecular complexity index is 556. The van der Waals surface area contributed by atoms with Crippen LogP contribution in [-0.2, 0) is 14.8 Å². The summed E-state index contributed by atoms with van der Waals surface area (Å²) < 4.78 is 25.5. The molecule has 0 heterocycles. The van der Waals surface area contributed by atoms with Crippen molar-refractivity contribution in [1.82, 2.24) is 4.31 Å². The van der Waals surface area contributed by atoms with Gasteiger partial charge in [-0.15, -0.1) is 0 Å². The number of hydrogen-bond donors (Lipinski definition) is 1. The maximum atomic E-state index is 12.1. The molecule has 0 bridgehead atoms. The molecule has 0 radical (unpaired) electrons. The predicted molar refractivity (Wildman–Crippen MR) is 78.3 cm³/mol. The number of halogens is 1. The second-order valence-electron chi connectivity index (χ2n) is 4.56. The predicted octanol–water partition coefficient (Wildman–Crippen LogP) is 2.53. The molecule has 1 unspecified atom stereocenters. The van der Waals surface area contributed by atoms with Crippen molar-refractivity contribution in [2.24, 2.45) is 0 Å². The van der Waals surface area contributed by atoms with E-state index in [0.29, 0.717) is 5.02 Å². The fraction of sp³-hybridized carbons (Fsp3) is 0.462. The van der Waals surface area contributed by atoms with Gasteiger partial charge < -0.3 is 5.11 Å². The first-order valence-corrected chi connectivity index (χ1v) is 8.15. The van der Waals surface area contributed by atoms with Gasteiger partial charge in [-0.2, -0.15) is 4.31 Å². The highest BCUT2D eigenvalue weighted by atomic mass is 35.5. The monoisotopic (exact) mass is 319 g/mol. The number of carboxylic acids is 1. The van der Waals surface area contributed by atoms with Gasteiger partial charge in [0, 0.05) is 24.5 Å². The summed E-state index contributed by atoms with van der Waals surface area (Å²) >= 11 is 5.80. The van der Waals surface area contributed by atoms with Crippen LogP contribution < -0.4 is 0 Å². The van der Waals surface area contributed by atoms with Gasteiger partial charge in [0.05, 0.1) is 5.75 Å². The Morgan fingerprint density at radius 3 is 2.40 bits per heavy atom. The molecule has 0 fully saturated rings. The Morgan fingerprint density at radius 1 is 1.35 bits per heavy atom. The summed E-state index contributed by atoms with van der Waals surface area (Å²) in [5, 5.41) is 9.13. The SMILES string of the molecule is CC(c1ccc(Cl)cc1)N(C)S(=O)(=O)CCCC(=O)O. The van der Waals surface area contributed by atoms with Crippen molar-refractivity contribution in [1.29, 1.82) is 0 Å². The molecule has 0 spiro atoms. The van der Waals surface area contributed by atoms with Crippen LogP contribution >= 0.6 is 11.6 Å². The minimum absolute atomic E-state index is 0.106. The number of nitrogens with zero attached hydrogens (tertiary/aromatic N) is 1. The minimum Gasteiger partial charge on any atom is -0.481 e. The van der Waals surface area contributed by atoms with Gasteiger partial charge in [0.15, 0.2) is 0 Å². The third-order valence-electron chi connectivity index (χ3n) is 3.13. The summed E-state index contributed by atoms with van der Waals surface area (Å²) in [5.74, 6) is -1.16. The molecule has 112 valence electrons. The maximum Gasteiger partial charge on any atom is 0.303 e. The van der Waals surface area contributed by atoms with Gasteiger partial charge in [-0.05, 0) is 31.0 Å². The van der Waals surface area contributed by atoms with Crippen molar-refractivity contribution < 1.29 is 18.3 Å². The standard InChI is InChI=1S/C13H18ClNO4S/c1-10(11-5-7-12(14)8-6-11)15(2)20(18,19)9-3-4-13(16)17/h5-8,10H,3-4,9H2,1-2H3,(H,16,17). The number of hydrogen-bond acceptors (Lipinski definition) is 3. The fourth-order valence-corrected chi connectivity index (χ4v) is 3.27. The fourth-order valence-electron chi connectivity index (χ4n) is 1.74. The van der Waals surface area contributed by atoms with Crippen molar-refractivity contribution in [2.75, 3.05) is 12.8 Å². The normalized spacial score (nSPS) is 13.4. The van der Waals surface area contributed by atoms with Crippen LogP contribution in [0.3, 0.4) is 0 Å². The van der Waals surface area contributed by atoms with E-state index in [2.05, 4.69) is 0 Å². The van der Waals surface area contributed by atoms with E-state index < -0.39 is 16.0 Å². The number of sulfonamides is 1. The first-order valence-electron chi connectivity index (χ1n) is 6.17. The zero-order chi connectivity index (χ0) is 15.3. The topological polar surface area (TPSA) is 74.7 Å². The molecule has 7 heteroatoms. The molecule has 1 aromatic carbocycles. The minimum atomic E-state index is -3.48. The lowest BCUT2D eigenvalue weighted by Crippen LogP contribution is -2.32. The van der Waals surface area contributed by atoms with Crippen LogP contribution in [0.4, 0.5) is 0 Å². The van der Waals surface area contributed by atoms with E-state index in [1.807, 2.05) is 0 Å². The van der Waals surface area contributed by atoms with Crippen LogP contribution in [0.1, 0.15) is 31.4 Å². The molecule has 20 heavy (non-hydrogen) atoms. The van der Waals surface area contributed by atoms with Crippen molar-refractivity contribution >= 4 is 27.6 Å². The van der Waals surface area contributed by atoms with Crippen LogP contribution in [0.15, 0.2) is 24.3 Å². The Hall–Kier alpha value is -1.11. The highest BCUT2D eigenvalue weighted by Gasteiger charge is 2.24. The lowest BCUT2D eigenvalue weighted by Gasteiger charge is -2.24. The summed E-state index contributed by atoms with van der Waals surface area (Å²) in [7, 11) is -1.98. The van der Waals surface area contributed by atoms with Crippen molar-refractivity contribution in [3.05, 3.63) is 34.9 Å². The van der Waals surface area contributed by atoms with Crippen LogP contribution in [0.2, 0.25) is 5.02 Å². The molecule has 1 atom stereocenters. The summed E-state index contributed by atoms with van der Waals surface area (Å²) in [5.41, 5.74) is 0.832. The molecule has 1 rings (SSSR count). The number of benzene rings is 1. The number of carboxylic acid groups (broad SMARTS) is 1. The third-order valence-corrected chi connectivity index (χ3v) is 5.38. The van der Waals surface area contributed by atoms with E-state index >= 15 is 0 Å². The number of rotatable bonds is 7. The molecule has 5 nitrogen and oxygen atoms in total. The highest BCUT2D eigenvalue weighted by Crippen LogP contribution is 2.23. The molecule has 1 aromatic rings. The summed E-state index contributed by atoms with van der Waals surface area (Å²) in [6, 6.07) is 6.63. The molecular weight excluding hydrogens is 302 g/mol. The summed E-state index contributed by atoms with van der Waals surface area (Å²) in [6.07, 6.45) is -0.0439. The quantitative estimate of drug-likeness (QED) is 0.838. The maximum absolute atomic E-state index is 12.1. The van der Waals surface area contributed by atoms with E-state index in [0.717, 1.165) is 5.56 Å². The van der Waals surface area contributed by atoms with Crippen molar-refractivity contribution in [3.63, 3.8) is 0 Å². The molecule has 0 aliphatic carbocycles. The Morgan fingerprint density at radius 2 is 1.90 bits per heavy atom. The third kappa shape index (κ3) is 4.77. The van der Waals surface area contributed by atoms with Crippen LogP contribution in [0, 0.1) is 0 Å². The number of aliphatic carboxylic acids is 1. The molecule has 0 saturated carbocycles. The van der Waals surface area contributed by atoms with Gasteiger partial charge in [-0.25, -0.2) is 8.42 Å². The van der Waals surface area contributed by atoms with E-state index in [1.54, 1.807) is 31.2 Å². The van der Waals surface area contributed by atoms with Crippen LogP contribution in [0.5, 0.6) is 0 Å². The van der Waals surface area contributed by atoms with Gasteiger partial charge in [0.2, 0.25) is 10.0 Å².